The normalized spacial score (nSPS) is 17.5. The number of ether oxygens (including phenoxy) is 1. The number of hydrogen-bond donors (Lipinski definition) is 0. The Morgan fingerprint density at radius 3 is 2.71 bits per heavy atom. The number of hydrogen-bond acceptors (Lipinski definition) is 5. The number of fused-ring (bicyclic) bond motifs is 1. The minimum Gasteiger partial charge on any atom is -0.449 e. The van der Waals surface area contributed by atoms with Crippen LogP contribution in [-0.4, -0.2) is 29.2 Å². The van der Waals surface area contributed by atoms with Gasteiger partial charge in [0.2, 0.25) is 0 Å². The molecule has 1 aromatic carbocycles. The molecule has 2 aromatic rings. The lowest BCUT2D eigenvalue weighted by Gasteiger charge is -2.25. The van der Waals surface area contributed by atoms with Crippen LogP contribution in [0.3, 0.4) is 0 Å². The molecular weight excluding hydrogens is 308 g/mol. The summed E-state index contributed by atoms with van der Waals surface area (Å²) in [5, 5.41) is 3.74. The van der Waals surface area contributed by atoms with E-state index in [-0.39, 0.29) is 17.5 Å². The standard InChI is InChI=1S/C18H20N2O4/c1-10-9-14-7-5-6-8-15(14)20(10)17(21)13(4)23-18(22)16-11(2)19-24-12(16)3/h5-8,10,13H,9H2,1-4H3/t10-,13-/m0/s1. The van der Waals surface area contributed by atoms with Crippen LogP contribution in [0.25, 0.3) is 0 Å². The van der Waals surface area contributed by atoms with Crippen molar-refractivity contribution in [2.24, 2.45) is 0 Å². The number of aromatic nitrogens is 1. The molecule has 2 heterocycles. The van der Waals surface area contributed by atoms with Gasteiger partial charge in [0.25, 0.3) is 5.91 Å². The fourth-order valence-corrected chi connectivity index (χ4v) is 3.14. The van der Waals surface area contributed by atoms with Crippen LogP contribution in [0.15, 0.2) is 28.8 Å². The Morgan fingerprint density at radius 2 is 2.04 bits per heavy atom. The molecule has 0 fully saturated rings. The number of esters is 1. The van der Waals surface area contributed by atoms with Crippen molar-refractivity contribution in [3.05, 3.63) is 46.8 Å². The van der Waals surface area contributed by atoms with E-state index in [1.165, 1.54) is 0 Å². The van der Waals surface area contributed by atoms with Crippen molar-refractivity contribution < 1.29 is 18.8 Å². The van der Waals surface area contributed by atoms with Gasteiger partial charge in [0, 0.05) is 11.7 Å². The Bertz CT molecular complexity index is 777. The summed E-state index contributed by atoms with van der Waals surface area (Å²) in [5.74, 6) is -0.433. The zero-order valence-electron chi connectivity index (χ0n) is 14.2. The van der Waals surface area contributed by atoms with Crippen LogP contribution >= 0.6 is 0 Å². The Kier molecular flexibility index (Phi) is 4.13. The molecule has 1 amide bonds. The van der Waals surface area contributed by atoms with E-state index < -0.39 is 12.1 Å². The first-order valence-corrected chi connectivity index (χ1v) is 7.95. The third-order valence-corrected chi connectivity index (χ3v) is 4.31. The van der Waals surface area contributed by atoms with Crippen LogP contribution in [0.4, 0.5) is 5.69 Å². The molecule has 6 heteroatoms. The van der Waals surface area contributed by atoms with Crippen LogP contribution in [-0.2, 0) is 16.0 Å². The highest BCUT2D eigenvalue weighted by molar-refractivity contribution is 6.01. The molecule has 126 valence electrons. The van der Waals surface area contributed by atoms with Crippen LogP contribution < -0.4 is 4.90 Å². The number of nitrogens with zero attached hydrogens (tertiary/aromatic N) is 2. The zero-order chi connectivity index (χ0) is 17.4. The van der Waals surface area contributed by atoms with Gasteiger partial charge >= 0.3 is 5.97 Å². The van der Waals surface area contributed by atoms with Gasteiger partial charge in [-0.2, -0.15) is 0 Å². The van der Waals surface area contributed by atoms with Gasteiger partial charge in [-0.05, 0) is 45.7 Å². The molecule has 0 saturated carbocycles. The summed E-state index contributed by atoms with van der Waals surface area (Å²) < 4.78 is 10.3. The summed E-state index contributed by atoms with van der Waals surface area (Å²) >= 11 is 0. The number of amides is 1. The summed E-state index contributed by atoms with van der Waals surface area (Å²) in [7, 11) is 0. The number of rotatable bonds is 3. The topological polar surface area (TPSA) is 72.6 Å². The maximum absolute atomic E-state index is 12.8. The van der Waals surface area contributed by atoms with Crippen LogP contribution in [0.2, 0.25) is 0 Å². The minimum absolute atomic E-state index is 0.0371. The number of carbonyl (C=O) groups is 2. The molecular formula is C18H20N2O4. The third kappa shape index (κ3) is 2.68. The Labute approximate surface area is 140 Å². The van der Waals surface area contributed by atoms with Gasteiger partial charge in [-0.3, -0.25) is 4.79 Å². The van der Waals surface area contributed by atoms with E-state index >= 15 is 0 Å². The maximum atomic E-state index is 12.8. The average Bonchev–Trinajstić information content (AvgIpc) is 3.05. The first-order valence-electron chi connectivity index (χ1n) is 7.95. The fraction of sp³-hybridized carbons (Fsp3) is 0.389. The van der Waals surface area contributed by atoms with E-state index in [1.807, 2.05) is 31.2 Å². The van der Waals surface area contributed by atoms with Crippen molar-refractivity contribution in [1.82, 2.24) is 5.16 Å². The highest BCUT2D eigenvalue weighted by Gasteiger charge is 2.35. The first-order chi connectivity index (χ1) is 11.4. The lowest BCUT2D eigenvalue weighted by atomic mass is 10.1. The molecule has 2 atom stereocenters. The average molecular weight is 328 g/mol. The molecule has 6 nitrogen and oxygen atoms in total. The van der Waals surface area contributed by atoms with E-state index in [4.69, 9.17) is 9.26 Å². The second-order valence-corrected chi connectivity index (χ2v) is 6.14. The lowest BCUT2D eigenvalue weighted by Crippen LogP contribution is -2.43. The van der Waals surface area contributed by atoms with Crippen molar-refractivity contribution >= 4 is 17.6 Å². The van der Waals surface area contributed by atoms with E-state index in [1.54, 1.807) is 25.7 Å². The number of benzene rings is 1. The maximum Gasteiger partial charge on any atom is 0.344 e. The predicted octanol–water partition coefficient (Wildman–Crippen LogP) is 2.81. The van der Waals surface area contributed by atoms with Gasteiger partial charge < -0.3 is 14.2 Å². The van der Waals surface area contributed by atoms with Crippen molar-refractivity contribution in [3.8, 4) is 0 Å². The summed E-state index contributed by atoms with van der Waals surface area (Å²) in [6, 6.07) is 7.83. The van der Waals surface area contributed by atoms with Gasteiger partial charge in [0.15, 0.2) is 6.10 Å². The van der Waals surface area contributed by atoms with Crippen molar-refractivity contribution in [1.29, 1.82) is 0 Å². The number of aryl methyl sites for hydroxylation is 2. The van der Waals surface area contributed by atoms with Crippen molar-refractivity contribution in [2.75, 3.05) is 4.90 Å². The molecule has 0 bridgehead atoms. The molecule has 0 saturated heterocycles. The zero-order valence-corrected chi connectivity index (χ0v) is 14.2. The predicted molar refractivity (Wildman–Crippen MR) is 87.9 cm³/mol. The molecule has 1 aromatic heterocycles. The van der Waals surface area contributed by atoms with E-state index in [2.05, 4.69) is 5.16 Å². The summed E-state index contributed by atoms with van der Waals surface area (Å²) in [5.41, 5.74) is 2.75. The van der Waals surface area contributed by atoms with Crippen molar-refractivity contribution in [2.45, 2.75) is 46.3 Å². The SMILES string of the molecule is Cc1noc(C)c1C(=O)O[C@@H](C)C(=O)N1c2ccccc2C[C@@H]1C. The third-order valence-electron chi connectivity index (χ3n) is 4.31. The second kappa shape index (κ2) is 6.11. The molecule has 1 aliphatic heterocycles. The monoisotopic (exact) mass is 328 g/mol. The molecule has 0 spiro atoms. The van der Waals surface area contributed by atoms with E-state index in [9.17, 15) is 9.59 Å². The molecule has 1 aliphatic rings. The van der Waals surface area contributed by atoms with Crippen LogP contribution in [0.5, 0.6) is 0 Å². The first kappa shape index (κ1) is 16.2. The van der Waals surface area contributed by atoms with Gasteiger partial charge in [0.05, 0.1) is 5.69 Å². The van der Waals surface area contributed by atoms with Crippen LogP contribution in [0, 0.1) is 13.8 Å². The number of carbonyl (C=O) groups excluding carboxylic acids is 2. The van der Waals surface area contributed by atoms with Gasteiger partial charge in [-0.1, -0.05) is 23.4 Å². The second-order valence-electron chi connectivity index (χ2n) is 6.14. The van der Waals surface area contributed by atoms with Gasteiger partial charge in [0.1, 0.15) is 11.3 Å². The Hall–Kier alpha value is -2.63. The Morgan fingerprint density at radius 1 is 1.33 bits per heavy atom. The van der Waals surface area contributed by atoms with Gasteiger partial charge in [-0.15, -0.1) is 0 Å². The Balaban J connectivity index is 1.77. The molecule has 0 radical (unpaired) electrons. The largest absolute Gasteiger partial charge is 0.449 e. The van der Waals surface area contributed by atoms with Gasteiger partial charge in [-0.25, -0.2) is 4.79 Å². The highest BCUT2D eigenvalue weighted by atomic mass is 16.5. The lowest BCUT2D eigenvalue weighted by molar-refractivity contribution is -0.126. The molecule has 24 heavy (non-hydrogen) atoms. The van der Waals surface area contributed by atoms with Crippen LogP contribution in [0.1, 0.15) is 41.2 Å². The highest BCUT2D eigenvalue weighted by Crippen LogP contribution is 2.32. The fourth-order valence-electron chi connectivity index (χ4n) is 3.14. The summed E-state index contributed by atoms with van der Waals surface area (Å²) in [4.78, 5) is 26.8. The van der Waals surface area contributed by atoms with Crippen molar-refractivity contribution in [3.63, 3.8) is 0 Å². The quantitative estimate of drug-likeness (QED) is 0.810. The number of anilines is 1. The molecule has 3 rings (SSSR count). The smallest absolute Gasteiger partial charge is 0.344 e. The molecule has 0 N–H and O–H groups in total. The van der Waals surface area contributed by atoms with E-state index in [0.29, 0.717) is 11.5 Å². The molecule has 0 aliphatic carbocycles. The van der Waals surface area contributed by atoms with E-state index in [0.717, 1.165) is 17.7 Å². The summed E-state index contributed by atoms with van der Waals surface area (Å²) in [6.45, 7) is 6.88. The summed E-state index contributed by atoms with van der Waals surface area (Å²) in [6.07, 6.45) is -0.0910. The molecule has 0 unspecified atom stereocenters. The minimum atomic E-state index is -0.889. The number of para-hydroxylation sites is 1.